The maximum atomic E-state index is 9.45. The molecule has 0 radical (unpaired) electrons. The van der Waals surface area contributed by atoms with Gasteiger partial charge in [0.2, 0.25) is 0 Å². The number of rotatable bonds is 1. The molecule has 0 aromatic rings. The molecule has 7 heavy (non-hydrogen) atoms. The van der Waals surface area contributed by atoms with Crippen molar-refractivity contribution < 1.29 is 54.3 Å². The normalized spacial score (nSPS) is 11.3. The molecule has 0 unspecified atom stereocenters. The summed E-state index contributed by atoms with van der Waals surface area (Å²) in [5.74, 6) is 0. The molecule has 0 saturated carbocycles. The zero-order valence-electron chi connectivity index (χ0n) is 3.66. The van der Waals surface area contributed by atoms with Crippen LogP contribution in [0.4, 0.5) is 0 Å². The van der Waals surface area contributed by atoms with Crippen molar-refractivity contribution in [1.29, 1.82) is 0 Å². The van der Waals surface area contributed by atoms with E-state index < -0.39 is 22.9 Å². The van der Waals surface area contributed by atoms with E-state index in [0.717, 1.165) is 0 Å². The zero-order chi connectivity index (χ0) is 5.21. The van der Waals surface area contributed by atoms with Crippen LogP contribution in [0.25, 0.3) is 0 Å². The third-order valence-corrected chi connectivity index (χ3v) is 3.02. The molecule has 0 bridgehead atoms. The van der Waals surface area contributed by atoms with E-state index >= 15 is 0 Å². The summed E-state index contributed by atoms with van der Waals surface area (Å²) in [5, 5.41) is 0. The van der Waals surface area contributed by atoms with Crippen LogP contribution >= 0.6 is 6.28 Å². The van der Waals surface area contributed by atoms with E-state index in [2.05, 4.69) is 0 Å². The van der Waals surface area contributed by atoms with Gasteiger partial charge in [-0.1, -0.05) is 0 Å². The van der Waals surface area contributed by atoms with Crippen LogP contribution < -0.4 is 0 Å². The van der Waals surface area contributed by atoms with E-state index in [0.29, 0.717) is 0 Å². The predicted octanol–water partition coefficient (Wildman–Crippen LogP) is -1.20. The average Bonchev–Trinajstić information content (AvgIpc) is 1.35. The standard InChI is InChI=1S/H4O3P.O.2Zn/c1-4(2)3;;;/h1-4H;;;/q+1;;;-1. The van der Waals surface area contributed by atoms with E-state index in [-0.39, 0.29) is 19.5 Å². The minimum atomic E-state index is -4.00. The van der Waals surface area contributed by atoms with Gasteiger partial charge < -0.3 is 0 Å². The van der Waals surface area contributed by atoms with E-state index in [1.54, 1.807) is 0 Å². The molecule has 0 atom stereocenters. The first kappa shape index (κ1) is 11.2. The van der Waals surface area contributed by atoms with Gasteiger partial charge in [0.25, 0.3) is 0 Å². The van der Waals surface area contributed by atoms with Gasteiger partial charge in [-0.05, 0) is 0 Å². The minimum Gasteiger partial charge on any atom is 0 e. The van der Waals surface area contributed by atoms with Crippen molar-refractivity contribution in [3.05, 3.63) is 0 Å². The van der Waals surface area contributed by atoms with Crippen molar-refractivity contribution in [1.82, 2.24) is 0 Å². The molecular formula is H4O4PZn2. The van der Waals surface area contributed by atoms with Gasteiger partial charge in [0.05, 0.1) is 0 Å². The zero-order valence-corrected chi connectivity index (χ0v) is 10.6. The molecule has 0 spiro atoms. The van der Waals surface area contributed by atoms with Gasteiger partial charge in [0.1, 0.15) is 0 Å². The molecule has 0 heterocycles. The van der Waals surface area contributed by atoms with Gasteiger partial charge in [0.15, 0.2) is 0 Å². The van der Waals surface area contributed by atoms with Crippen LogP contribution in [0, 0.1) is 0 Å². The van der Waals surface area contributed by atoms with Gasteiger partial charge in [-0.25, -0.2) is 0 Å². The topological polar surface area (TPSA) is 77.8 Å². The van der Waals surface area contributed by atoms with Crippen molar-refractivity contribution >= 4 is 6.28 Å². The first-order chi connectivity index (χ1) is 2.56. The van der Waals surface area contributed by atoms with Crippen LogP contribution in [0.15, 0.2) is 0 Å². The second-order valence-corrected chi connectivity index (χ2v) is 10.5. The predicted molar refractivity (Wildman–Crippen MR) is 15.7 cm³/mol. The van der Waals surface area contributed by atoms with Crippen LogP contribution in [0.1, 0.15) is 0 Å². The Hall–Kier alpha value is 1.36. The van der Waals surface area contributed by atoms with E-state index in [4.69, 9.17) is 14.7 Å². The SMILES string of the molecule is [O]=[Zn][PH](O)(O)O.[Zn]. The van der Waals surface area contributed by atoms with Crippen LogP contribution in [-0.2, 0) is 39.6 Å². The maximum Gasteiger partial charge on any atom is 0 e. The largest absolute Gasteiger partial charge is 0 e. The average molecular weight is 230 g/mol. The van der Waals surface area contributed by atoms with Gasteiger partial charge >= 0.3 is 41.1 Å². The molecule has 4 nitrogen and oxygen atoms in total. The molecular weight excluding hydrogens is 226 g/mol. The first-order valence-electron chi connectivity index (χ1n) is 1.31. The molecule has 0 aliphatic heterocycles. The summed E-state index contributed by atoms with van der Waals surface area (Å²) < 4.78 is 9.45. The van der Waals surface area contributed by atoms with E-state index in [9.17, 15) is 3.57 Å². The number of hydrogen-bond donors (Lipinski definition) is 3. The Morgan fingerprint density at radius 3 is 1.43 bits per heavy atom. The summed E-state index contributed by atoms with van der Waals surface area (Å²) in [6.07, 6.45) is -4.00. The molecule has 3 N–H and O–H groups in total. The van der Waals surface area contributed by atoms with Crippen LogP contribution in [0.5, 0.6) is 0 Å². The first-order valence-corrected chi connectivity index (χ1v) is 9.02. The molecule has 0 aliphatic rings. The fourth-order valence-electron chi connectivity index (χ4n) is 0. The summed E-state index contributed by atoms with van der Waals surface area (Å²) in [4.78, 5) is 23.5. The summed E-state index contributed by atoms with van der Waals surface area (Å²) >= 11 is -2.55. The Balaban J connectivity index is 0. The quantitative estimate of drug-likeness (QED) is 0.390. The third-order valence-electron chi connectivity index (χ3n) is 0.194. The fraction of sp³-hybridized carbons (Fsp3) is 0. The molecule has 0 saturated heterocycles. The minimum absolute atomic E-state index is 0. The van der Waals surface area contributed by atoms with Gasteiger partial charge in [0, 0.05) is 19.5 Å². The number of hydrogen-bond acceptors (Lipinski definition) is 4. The van der Waals surface area contributed by atoms with Crippen molar-refractivity contribution in [2.45, 2.75) is 0 Å². The van der Waals surface area contributed by atoms with E-state index in [1.165, 1.54) is 0 Å². The van der Waals surface area contributed by atoms with Crippen molar-refractivity contribution in [3.8, 4) is 0 Å². The van der Waals surface area contributed by atoms with Crippen LogP contribution in [0.2, 0.25) is 0 Å². The molecule has 37 valence electrons. The Labute approximate surface area is 60.7 Å². The monoisotopic (exact) mass is 227 g/mol. The van der Waals surface area contributed by atoms with Crippen LogP contribution in [0.3, 0.4) is 0 Å². The molecule has 0 fully saturated rings. The molecule has 0 rings (SSSR count). The van der Waals surface area contributed by atoms with Crippen LogP contribution in [-0.4, -0.2) is 14.7 Å². The Bertz CT molecular complexity index is 55.2. The Kier molecular flexibility index (Phi) is 6.81. The second-order valence-electron chi connectivity index (χ2n) is 0.919. The molecule has 7 heteroatoms. The summed E-state index contributed by atoms with van der Waals surface area (Å²) in [6, 6.07) is 0. The summed E-state index contributed by atoms with van der Waals surface area (Å²) in [5.41, 5.74) is 0. The molecule has 0 aromatic carbocycles. The molecule has 0 aliphatic carbocycles. The molecule has 0 aromatic heterocycles. The molecule has 0 amide bonds. The van der Waals surface area contributed by atoms with Gasteiger partial charge in [-0.15, -0.1) is 0 Å². The maximum absolute atomic E-state index is 9.45. The van der Waals surface area contributed by atoms with Crippen molar-refractivity contribution in [2.75, 3.05) is 0 Å². The third kappa shape index (κ3) is 11.1. The van der Waals surface area contributed by atoms with Crippen molar-refractivity contribution in [2.24, 2.45) is 0 Å². The summed E-state index contributed by atoms with van der Waals surface area (Å²) in [7, 11) is 0. The summed E-state index contributed by atoms with van der Waals surface area (Å²) in [6.45, 7) is 0. The van der Waals surface area contributed by atoms with Crippen molar-refractivity contribution in [3.63, 3.8) is 0 Å². The Morgan fingerprint density at radius 1 is 1.29 bits per heavy atom. The smallest absolute Gasteiger partial charge is 0 e. The fourth-order valence-corrected chi connectivity index (χ4v) is 0. The van der Waals surface area contributed by atoms with E-state index in [1.807, 2.05) is 0 Å². The second kappa shape index (κ2) is 4.26. The Morgan fingerprint density at radius 2 is 1.43 bits per heavy atom. The van der Waals surface area contributed by atoms with Gasteiger partial charge in [-0.3, -0.25) is 0 Å². The van der Waals surface area contributed by atoms with Gasteiger partial charge in [-0.2, -0.15) is 0 Å².